The molecule has 3 aromatic carbocycles. The average Bonchev–Trinajstić information content (AvgIpc) is 3.30. The fourth-order valence-corrected chi connectivity index (χ4v) is 4.71. The molecular weight excluding hydrogens is 501 g/mol. The Balaban J connectivity index is 1.36. The Labute approximate surface area is 212 Å². The van der Waals surface area contributed by atoms with Gasteiger partial charge in [-0.2, -0.15) is 18.3 Å². The molecule has 1 fully saturated rings. The zero-order valence-corrected chi connectivity index (χ0v) is 19.6. The van der Waals surface area contributed by atoms with Crippen LogP contribution in [0.4, 0.5) is 13.2 Å². The maximum Gasteiger partial charge on any atom is 0.416 e. The number of carboxylic acid groups (broad SMARTS) is 1. The van der Waals surface area contributed by atoms with Crippen LogP contribution in [0, 0.1) is 0 Å². The van der Waals surface area contributed by atoms with E-state index in [0.717, 1.165) is 17.7 Å². The number of carbonyl (C=O) groups excluding carboxylic acids is 1. The smallest absolute Gasteiger partial charge is 0.416 e. The van der Waals surface area contributed by atoms with Crippen molar-refractivity contribution in [2.75, 3.05) is 0 Å². The molecule has 192 valence electrons. The third-order valence-electron chi connectivity index (χ3n) is 6.88. The first-order valence-electron chi connectivity index (χ1n) is 11.7. The third kappa shape index (κ3) is 4.05. The standard InChI is InChI=1S/C27H19F3N4O4/c28-27(29,30)19-5-1-15(2-6-19)14-34-22-20(11-17-12-32-38-23(17)21(22)13-31-34)24(35)33-26(9-10-26)18-7-3-16(4-8-18)25(36)37/h1-8,11-13H,9-10,14H2,(H,33,35)(H,36,37). The molecule has 0 saturated heterocycles. The van der Waals surface area contributed by atoms with Crippen LogP contribution in [0.15, 0.2) is 71.5 Å². The van der Waals surface area contributed by atoms with Gasteiger partial charge >= 0.3 is 12.1 Å². The summed E-state index contributed by atoms with van der Waals surface area (Å²) in [5.74, 6) is -1.40. The van der Waals surface area contributed by atoms with Crippen LogP contribution in [0.3, 0.4) is 0 Å². The molecular formula is C27H19F3N4O4. The van der Waals surface area contributed by atoms with Gasteiger partial charge in [-0.3, -0.25) is 9.48 Å². The minimum atomic E-state index is -4.44. The lowest BCUT2D eigenvalue weighted by Crippen LogP contribution is -2.35. The van der Waals surface area contributed by atoms with Gasteiger partial charge < -0.3 is 14.9 Å². The SMILES string of the molecule is O=C(O)c1ccc(C2(NC(=O)c3cc4cnoc4c4cnn(Cc5ccc(C(F)(F)F)cc5)c34)CC2)cc1. The summed E-state index contributed by atoms with van der Waals surface area (Å²) >= 11 is 0. The lowest BCUT2D eigenvalue weighted by molar-refractivity contribution is -0.137. The van der Waals surface area contributed by atoms with Gasteiger partial charge in [-0.1, -0.05) is 29.4 Å². The Morgan fingerprint density at radius 2 is 1.76 bits per heavy atom. The Bertz CT molecular complexity index is 1700. The number of nitrogens with zero attached hydrogens (tertiary/aromatic N) is 3. The van der Waals surface area contributed by atoms with E-state index >= 15 is 0 Å². The molecule has 1 amide bonds. The van der Waals surface area contributed by atoms with E-state index in [0.29, 0.717) is 45.8 Å². The van der Waals surface area contributed by atoms with Crippen molar-refractivity contribution in [2.24, 2.45) is 0 Å². The van der Waals surface area contributed by atoms with Gasteiger partial charge in [-0.25, -0.2) is 4.79 Å². The number of aromatic nitrogens is 3. The zero-order valence-electron chi connectivity index (χ0n) is 19.6. The molecule has 0 atom stereocenters. The van der Waals surface area contributed by atoms with Crippen molar-refractivity contribution in [3.05, 3.63) is 94.8 Å². The first-order valence-corrected chi connectivity index (χ1v) is 11.7. The Morgan fingerprint density at radius 3 is 2.39 bits per heavy atom. The second-order valence-corrected chi connectivity index (χ2v) is 9.35. The van der Waals surface area contributed by atoms with E-state index in [4.69, 9.17) is 4.52 Å². The van der Waals surface area contributed by atoms with Gasteiger partial charge in [0.05, 0.1) is 52.1 Å². The fraction of sp³-hybridized carbons (Fsp3) is 0.185. The van der Waals surface area contributed by atoms with Crippen molar-refractivity contribution in [3.63, 3.8) is 0 Å². The zero-order chi connectivity index (χ0) is 26.7. The summed E-state index contributed by atoms with van der Waals surface area (Å²) in [6.07, 6.45) is -0.0203. The third-order valence-corrected chi connectivity index (χ3v) is 6.88. The summed E-state index contributed by atoms with van der Waals surface area (Å²) in [6, 6.07) is 12.8. The molecule has 5 aromatic rings. The van der Waals surface area contributed by atoms with Crippen LogP contribution in [0.25, 0.3) is 21.9 Å². The highest BCUT2D eigenvalue weighted by atomic mass is 19.4. The molecule has 2 N–H and O–H groups in total. The molecule has 1 aliphatic carbocycles. The van der Waals surface area contributed by atoms with Gasteiger partial charge in [0.1, 0.15) is 0 Å². The van der Waals surface area contributed by atoms with E-state index in [1.165, 1.54) is 30.5 Å². The largest absolute Gasteiger partial charge is 0.478 e. The minimum absolute atomic E-state index is 0.128. The van der Waals surface area contributed by atoms with Crippen LogP contribution < -0.4 is 5.32 Å². The molecule has 0 unspecified atom stereocenters. The monoisotopic (exact) mass is 520 g/mol. The quantitative estimate of drug-likeness (QED) is 0.312. The molecule has 6 rings (SSSR count). The Morgan fingerprint density at radius 1 is 1.05 bits per heavy atom. The van der Waals surface area contributed by atoms with Crippen molar-refractivity contribution in [1.82, 2.24) is 20.3 Å². The summed E-state index contributed by atoms with van der Waals surface area (Å²) in [4.78, 5) is 24.9. The number of fused-ring (bicyclic) bond motifs is 3. The summed E-state index contributed by atoms with van der Waals surface area (Å²) in [7, 11) is 0. The van der Waals surface area contributed by atoms with E-state index < -0.39 is 23.2 Å². The highest BCUT2D eigenvalue weighted by Gasteiger charge is 2.46. The molecule has 2 heterocycles. The van der Waals surface area contributed by atoms with Crippen LogP contribution in [-0.4, -0.2) is 31.9 Å². The van der Waals surface area contributed by atoms with E-state index in [-0.39, 0.29) is 18.0 Å². The maximum absolute atomic E-state index is 13.7. The lowest BCUT2D eigenvalue weighted by atomic mass is 10.0. The molecule has 38 heavy (non-hydrogen) atoms. The first-order chi connectivity index (χ1) is 18.1. The summed E-state index contributed by atoms with van der Waals surface area (Å²) in [5.41, 5.74) is 1.38. The molecule has 8 nitrogen and oxygen atoms in total. The molecule has 11 heteroatoms. The number of rotatable bonds is 6. The minimum Gasteiger partial charge on any atom is -0.478 e. The van der Waals surface area contributed by atoms with Gasteiger partial charge in [-0.15, -0.1) is 0 Å². The Hall–Kier alpha value is -4.67. The van der Waals surface area contributed by atoms with Gasteiger partial charge in [0.15, 0.2) is 5.58 Å². The maximum atomic E-state index is 13.7. The second-order valence-electron chi connectivity index (χ2n) is 9.35. The molecule has 0 spiro atoms. The topological polar surface area (TPSA) is 110 Å². The van der Waals surface area contributed by atoms with Crippen molar-refractivity contribution >= 4 is 33.7 Å². The van der Waals surface area contributed by atoms with Crippen molar-refractivity contribution in [1.29, 1.82) is 0 Å². The van der Waals surface area contributed by atoms with Crippen molar-refractivity contribution in [3.8, 4) is 0 Å². The molecule has 0 bridgehead atoms. The first kappa shape index (κ1) is 23.7. The molecule has 1 aliphatic rings. The number of alkyl halides is 3. The van der Waals surface area contributed by atoms with Crippen LogP contribution in [0.5, 0.6) is 0 Å². The number of benzene rings is 3. The van der Waals surface area contributed by atoms with Crippen LogP contribution in [-0.2, 0) is 18.3 Å². The molecule has 1 saturated carbocycles. The predicted molar refractivity (Wildman–Crippen MR) is 130 cm³/mol. The highest BCUT2D eigenvalue weighted by molar-refractivity contribution is 6.14. The normalized spacial score (nSPS) is 14.6. The number of carbonyl (C=O) groups is 2. The number of hydrogen-bond acceptors (Lipinski definition) is 5. The summed E-state index contributed by atoms with van der Waals surface area (Å²) in [5, 5.41) is 21.7. The van der Waals surface area contributed by atoms with Crippen molar-refractivity contribution in [2.45, 2.75) is 31.1 Å². The van der Waals surface area contributed by atoms with Gasteiger partial charge in [-0.05, 0) is 54.3 Å². The summed E-state index contributed by atoms with van der Waals surface area (Å²) < 4.78 is 45.9. The van der Waals surface area contributed by atoms with Gasteiger partial charge in [0.2, 0.25) is 0 Å². The fourth-order valence-electron chi connectivity index (χ4n) is 4.71. The number of amides is 1. The van der Waals surface area contributed by atoms with E-state index in [1.54, 1.807) is 29.1 Å². The molecule has 0 radical (unpaired) electrons. The van der Waals surface area contributed by atoms with Crippen molar-refractivity contribution < 1.29 is 32.4 Å². The predicted octanol–water partition coefficient (Wildman–Crippen LogP) is 5.36. The van der Waals surface area contributed by atoms with Gasteiger partial charge in [0.25, 0.3) is 5.91 Å². The summed E-state index contributed by atoms with van der Waals surface area (Å²) in [6.45, 7) is 0.128. The van der Waals surface area contributed by atoms with Crippen LogP contribution in [0.2, 0.25) is 0 Å². The number of carboxylic acids is 1. The number of nitrogens with one attached hydrogen (secondary N) is 1. The van der Waals surface area contributed by atoms with E-state index in [9.17, 15) is 27.9 Å². The van der Waals surface area contributed by atoms with Gasteiger partial charge in [0, 0.05) is 5.39 Å². The van der Waals surface area contributed by atoms with Crippen LogP contribution >= 0.6 is 0 Å². The molecule has 0 aliphatic heterocycles. The Kier molecular flexibility index (Phi) is 5.26. The average molecular weight is 520 g/mol. The number of hydrogen-bond donors (Lipinski definition) is 2. The molecule has 2 aromatic heterocycles. The van der Waals surface area contributed by atoms with Crippen LogP contribution in [0.1, 0.15) is 50.2 Å². The lowest BCUT2D eigenvalue weighted by Gasteiger charge is -2.19. The number of halogens is 3. The van der Waals surface area contributed by atoms with E-state index in [1.807, 2.05) is 0 Å². The van der Waals surface area contributed by atoms with E-state index in [2.05, 4.69) is 15.6 Å². The second kappa shape index (κ2) is 8.44. The highest BCUT2D eigenvalue weighted by Crippen LogP contribution is 2.46. The number of aromatic carboxylic acids is 1.